The van der Waals surface area contributed by atoms with Crippen LogP contribution in [0.4, 0.5) is 8.78 Å². The molecule has 0 N–H and O–H groups in total. The van der Waals surface area contributed by atoms with Gasteiger partial charge < -0.3 is 9.14 Å². The van der Waals surface area contributed by atoms with Gasteiger partial charge in [-0.3, -0.25) is 4.99 Å². The third-order valence-electron chi connectivity index (χ3n) is 5.66. The molecular formula is C25H21F2IN4O. The number of rotatable bonds is 5. The molecule has 1 fully saturated rings. The van der Waals surface area contributed by atoms with Crippen LogP contribution >= 0.6 is 22.6 Å². The predicted molar refractivity (Wildman–Crippen MR) is 134 cm³/mol. The molecule has 0 amide bonds. The SMILES string of the molecule is CO/C(=N\C(I)c1cnc2ccc(C3=CC=CCN=C3c3cc(F)ccc3F)cn12)C1CC1. The first-order chi connectivity index (χ1) is 16.0. The zero-order valence-corrected chi connectivity index (χ0v) is 20.0. The first-order valence-corrected chi connectivity index (χ1v) is 11.9. The summed E-state index contributed by atoms with van der Waals surface area (Å²) < 4.78 is 35.9. The van der Waals surface area contributed by atoms with Crippen molar-refractivity contribution in [2.45, 2.75) is 16.9 Å². The van der Waals surface area contributed by atoms with Gasteiger partial charge in [0, 0.05) is 28.8 Å². The molecule has 0 bridgehead atoms. The topological polar surface area (TPSA) is 51.2 Å². The number of alkyl halides is 1. The summed E-state index contributed by atoms with van der Waals surface area (Å²) in [6, 6.07) is 7.25. The molecule has 1 aliphatic heterocycles. The number of aliphatic imine (C=N–C) groups is 2. The molecule has 3 aromatic rings. The normalized spacial score (nSPS) is 17.5. The summed E-state index contributed by atoms with van der Waals surface area (Å²) in [6.45, 7) is 0.384. The monoisotopic (exact) mass is 558 g/mol. The Morgan fingerprint density at radius 3 is 2.88 bits per heavy atom. The molecule has 1 atom stereocenters. The number of fused-ring (bicyclic) bond motifs is 1. The van der Waals surface area contributed by atoms with Gasteiger partial charge in [-0.1, -0.05) is 18.2 Å². The number of imidazole rings is 1. The number of halogens is 3. The molecule has 168 valence electrons. The summed E-state index contributed by atoms with van der Waals surface area (Å²) >= 11 is 2.28. The number of hydrogen-bond acceptors (Lipinski definition) is 4. The molecular weight excluding hydrogens is 537 g/mol. The number of pyridine rings is 1. The van der Waals surface area contributed by atoms with Gasteiger partial charge in [0.25, 0.3) is 0 Å². The van der Waals surface area contributed by atoms with E-state index in [9.17, 15) is 8.78 Å². The van der Waals surface area contributed by atoms with Crippen molar-refractivity contribution in [2.24, 2.45) is 15.9 Å². The largest absolute Gasteiger partial charge is 0.484 e. The average Bonchev–Trinajstić information content (AvgIpc) is 3.61. The second kappa shape index (κ2) is 9.17. The van der Waals surface area contributed by atoms with Gasteiger partial charge >= 0.3 is 0 Å². The molecule has 8 heteroatoms. The molecule has 3 heterocycles. The maximum absolute atomic E-state index is 14.6. The van der Waals surface area contributed by atoms with Gasteiger partial charge in [0.1, 0.15) is 21.3 Å². The van der Waals surface area contributed by atoms with E-state index in [1.165, 1.54) is 6.07 Å². The Hall–Kier alpha value is -2.88. The minimum atomic E-state index is -0.513. The Morgan fingerprint density at radius 2 is 2.09 bits per heavy atom. The maximum Gasteiger partial charge on any atom is 0.187 e. The van der Waals surface area contributed by atoms with E-state index in [1.54, 1.807) is 7.11 Å². The van der Waals surface area contributed by atoms with Crippen LogP contribution in [-0.4, -0.2) is 34.6 Å². The van der Waals surface area contributed by atoms with E-state index in [0.717, 1.165) is 47.8 Å². The van der Waals surface area contributed by atoms with Crippen molar-refractivity contribution in [2.75, 3.05) is 13.7 Å². The van der Waals surface area contributed by atoms with Crippen LogP contribution in [-0.2, 0) is 4.74 Å². The van der Waals surface area contributed by atoms with Gasteiger partial charge in [-0.2, -0.15) is 0 Å². The van der Waals surface area contributed by atoms with Gasteiger partial charge in [-0.25, -0.2) is 18.8 Å². The highest BCUT2D eigenvalue weighted by Gasteiger charge is 2.30. The summed E-state index contributed by atoms with van der Waals surface area (Å²) in [5.74, 6) is 0.160. The lowest BCUT2D eigenvalue weighted by atomic mass is 9.96. The summed E-state index contributed by atoms with van der Waals surface area (Å²) in [5, 5.41) is 0. The second-order valence-electron chi connectivity index (χ2n) is 7.93. The zero-order valence-electron chi connectivity index (χ0n) is 17.9. The third kappa shape index (κ3) is 4.48. The zero-order chi connectivity index (χ0) is 22.9. The predicted octanol–water partition coefficient (Wildman–Crippen LogP) is 5.94. The molecule has 1 unspecified atom stereocenters. The minimum absolute atomic E-state index is 0.140. The van der Waals surface area contributed by atoms with Crippen molar-refractivity contribution in [1.82, 2.24) is 9.38 Å². The first kappa shape index (κ1) is 21.9. The summed E-state index contributed by atoms with van der Waals surface area (Å²) in [7, 11) is 1.66. The fourth-order valence-electron chi connectivity index (χ4n) is 3.84. The number of hydrogen-bond donors (Lipinski definition) is 0. The summed E-state index contributed by atoms with van der Waals surface area (Å²) in [6.07, 6.45) is 11.6. The lowest BCUT2D eigenvalue weighted by molar-refractivity contribution is 0.383. The molecule has 1 aromatic carbocycles. The number of methoxy groups -OCH3 is 1. The number of allylic oxidation sites excluding steroid dienone is 3. The maximum atomic E-state index is 14.6. The lowest BCUT2D eigenvalue weighted by Crippen LogP contribution is -2.09. The van der Waals surface area contributed by atoms with E-state index < -0.39 is 11.6 Å². The fourth-order valence-corrected chi connectivity index (χ4v) is 4.58. The highest BCUT2D eigenvalue weighted by atomic mass is 127. The van der Waals surface area contributed by atoms with Gasteiger partial charge in [0.15, 0.2) is 5.90 Å². The van der Waals surface area contributed by atoms with Crippen molar-refractivity contribution < 1.29 is 13.5 Å². The van der Waals surface area contributed by atoms with E-state index in [4.69, 9.17) is 9.73 Å². The Kier molecular flexibility index (Phi) is 6.09. The number of ether oxygens (including phenoxy) is 1. The Morgan fingerprint density at radius 1 is 1.24 bits per heavy atom. The van der Waals surface area contributed by atoms with Gasteiger partial charge in [-0.05, 0) is 65.8 Å². The highest BCUT2D eigenvalue weighted by molar-refractivity contribution is 14.1. The van der Waals surface area contributed by atoms with Gasteiger partial charge in [-0.15, -0.1) is 0 Å². The molecule has 0 radical (unpaired) electrons. The Bertz CT molecular complexity index is 1340. The van der Waals surface area contributed by atoms with E-state index in [2.05, 4.69) is 32.6 Å². The lowest BCUT2D eigenvalue weighted by Gasteiger charge is -2.14. The molecule has 1 aliphatic carbocycles. The summed E-state index contributed by atoms with van der Waals surface area (Å²) in [5.41, 5.74) is 3.76. The van der Waals surface area contributed by atoms with Crippen LogP contribution in [0, 0.1) is 17.6 Å². The molecule has 2 aromatic heterocycles. The quantitative estimate of drug-likeness (QED) is 0.128. The van der Waals surface area contributed by atoms with Crippen LogP contribution < -0.4 is 0 Å². The van der Waals surface area contributed by atoms with Crippen molar-refractivity contribution in [3.63, 3.8) is 0 Å². The molecule has 0 spiro atoms. The number of benzene rings is 1. The number of aromatic nitrogens is 2. The Labute approximate surface area is 203 Å². The smallest absolute Gasteiger partial charge is 0.187 e. The van der Waals surface area contributed by atoms with Crippen molar-refractivity contribution >= 4 is 45.4 Å². The summed E-state index contributed by atoms with van der Waals surface area (Å²) in [4.78, 5) is 13.8. The van der Waals surface area contributed by atoms with E-state index in [-0.39, 0.29) is 9.61 Å². The van der Waals surface area contributed by atoms with E-state index in [1.807, 2.05) is 47.2 Å². The minimum Gasteiger partial charge on any atom is -0.484 e. The first-order valence-electron chi connectivity index (χ1n) is 10.7. The van der Waals surface area contributed by atoms with Crippen molar-refractivity contribution in [1.29, 1.82) is 0 Å². The standard InChI is InChI=1S/C25H21F2IN4O/c1-33-25(15-5-6-15)31-24(28)21-13-30-22-10-7-16(14-32(21)22)18-4-2-3-11-29-23(18)19-12-17(26)8-9-20(19)27/h2-4,7-10,12-15,24H,5-6,11H2,1H3/b31-25-. The molecule has 5 rings (SSSR count). The molecule has 2 aliphatic rings. The van der Waals surface area contributed by atoms with Crippen molar-refractivity contribution in [3.05, 3.63) is 89.4 Å². The second-order valence-corrected chi connectivity index (χ2v) is 9.11. The van der Waals surface area contributed by atoms with Crippen LogP contribution in [0.1, 0.15) is 33.7 Å². The van der Waals surface area contributed by atoms with Crippen LogP contribution in [0.2, 0.25) is 0 Å². The van der Waals surface area contributed by atoms with Crippen molar-refractivity contribution in [3.8, 4) is 0 Å². The van der Waals surface area contributed by atoms with E-state index >= 15 is 0 Å². The van der Waals surface area contributed by atoms with Crippen LogP contribution in [0.5, 0.6) is 0 Å². The Balaban J connectivity index is 1.57. The third-order valence-corrected chi connectivity index (χ3v) is 6.57. The van der Waals surface area contributed by atoms with Gasteiger partial charge in [0.05, 0.1) is 31.3 Å². The molecule has 0 saturated heterocycles. The molecule has 1 saturated carbocycles. The van der Waals surface area contributed by atoms with Crippen LogP contribution in [0.15, 0.2) is 70.9 Å². The molecule has 33 heavy (non-hydrogen) atoms. The fraction of sp³-hybridized carbons (Fsp3) is 0.240. The van der Waals surface area contributed by atoms with Crippen LogP contribution in [0.25, 0.3) is 11.2 Å². The highest BCUT2D eigenvalue weighted by Crippen LogP contribution is 2.35. The van der Waals surface area contributed by atoms with E-state index in [0.29, 0.717) is 23.7 Å². The molecule has 5 nitrogen and oxygen atoms in total. The van der Waals surface area contributed by atoms with Gasteiger partial charge in [0.2, 0.25) is 0 Å². The number of nitrogens with zero attached hydrogens (tertiary/aromatic N) is 4. The van der Waals surface area contributed by atoms with Crippen LogP contribution in [0.3, 0.4) is 0 Å². The average molecular weight is 558 g/mol.